The molecule has 0 aliphatic rings. The first kappa shape index (κ1) is 13.3. The maximum absolute atomic E-state index is 13.3. The van der Waals surface area contributed by atoms with Crippen molar-refractivity contribution in [2.75, 3.05) is 10.5 Å². The molecule has 1 heterocycles. The van der Waals surface area contributed by atoms with Gasteiger partial charge < -0.3 is 5.73 Å². The zero-order chi connectivity index (χ0) is 14.0. The molecule has 5 nitrogen and oxygen atoms in total. The largest absolute Gasteiger partial charge is 0.396 e. The summed E-state index contributed by atoms with van der Waals surface area (Å²) in [6.45, 7) is 1.74. The third-order valence-electron chi connectivity index (χ3n) is 2.57. The van der Waals surface area contributed by atoms with Gasteiger partial charge in [0.25, 0.3) is 10.0 Å². The molecule has 100 valence electrons. The zero-order valence-electron chi connectivity index (χ0n) is 10.1. The molecule has 0 spiro atoms. The van der Waals surface area contributed by atoms with E-state index in [0.717, 1.165) is 11.6 Å². The number of hydrogen-bond acceptors (Lipinski definition) is 4. The molecule has 0 amide bonds. The van der Waals surface area contributed by atoms with Gasteiger partial charge in [-0.3, -0.25) is 9.71 Å². The highest BCUT2D eigenvalue weighted by atomic mass is 32.2. The minimum absolute atomic E-state index is 0.100. The molecule has 3 N–H and O–H groups in total. The third-order valence-corrected chi connectivity index (χ3v) is 3.93. The van der Waals surface area contributed by atoms with Crippen molar-refractivity contribution in [3.8, 4) is 0 Å². The molecule has 0 aliphatic heterocycles. The minimum atomic E-state index is -3.86. The number of nitrogens with zero attached hydrogens (tertiary/aromatic N) is 1. The Hall–Kier alpha value is -2.15. The summed E-state index contributed by atoms with van der Waals surface area (Å²) >= 11 is 0. The zero-order valence-corrected chi connectivity index (χ0v) is 10.9. The molecule has 1 aromatic heterocycles. The summed E-state index contributed by atoms with van der Waals surface area (Å²) < 4.78 is 39.8. The summed E-state index contributed by atoms with van der Waals surface area (Å²) in [4.78, 5) is 3.64. The fourth-order valence-corrected chi connectivity index (χ4v) is 2.58. The van der Waals surface area contributed by atoms with Crippen molar-refractivity contribution in [1.29, 1.82) is 0 Å². The van der Waals surface area contributed by atoms with Crippen molar-refractivity contribution in [3.05, 3.63) is 48.0 Å². The van der Waals surface area contributed by atoms with Gasteiger partial charge in [0, 0.05) is 6.20 Å². The molecule has 0 aliphatic carbocycles. The van der Waals surface area contributed by atoms with Gasteiger partial charge in [-0.1, -0.05) is 0 Å². The molecular weight excluding hydrogens is 269 g/mol. The molecule has 2 aromatic rings. The second-order valence-electron chi connectivity index (χ2n) is 3.98. The van der Waals surface area contributed by atoms with Gasteiger partial charge >= 0.3 is 0 Å². The Balaban J connectivity index is 2.38. The summed E-state index contributed by atoms with van der Waals surface area (Å²) in [7, 11) is -3.86. The number of halogens is 1. The van der Waals surface area contributed by atoms with E-state index in [1.807, 2.05) is 0 Å². The van der Waals surface area contributed by atoms with Crippen LogP contribution in [0.15, 0.2) is 41.6 Å². The normalized spacial score (nSPS) is 11.3. The highest BCUT2D eigenvalue weighted by Crippen LogP contribution is 2.20. The first-order valence-corrected chi connectivity index (χ1v) is 6.87. The highest BCUT2D eigenvalue weighted by Gasteiger charge is 2.16. The van der Waals surface area contributed by atoms with Crippen LogP contribution in [-0.4, -0.2) is 13.4 Å². The van der Waals surface area contributed by atoms with Crippen LogP contribution < -0.4 is 10.5 Å². The number of benzene rings is 1. The molecule has 0 fully saturated rings. The Morgan fingerprint density at radius 3 is 2.68 bits per heavy atom. The van der Waals surface area contributed by atoms with Gasteiger partial charge in [0.15, 0.2) is 0 Å². The first-order chi connectivity index (χ1) is 8.90. The second-order valence-corrected chi connectivity index (χ2v) is 5.66. The van der Waals surface area contributed by atoms with Gasteiger partial charge in [0.05, 0.1) is 22.5 Å². The Labute approximate surface area is 110 Å². The number of hydrogen-bond donors (Lipinski definition) is 2. The standard InChI is InChI=1S/C12H12FN3O2S/c1-8-4-5-15-7-12(8)16-19(17,18)9-2-3-11(14)10(13)6-9/h2-7,16H,14H2,1H3. The van der Waals surface area contributed by atoms with Crippen LogP contribution in [-0.2, 0) is 10.0 Å². The van der Waals surface area contributed by atoms with E-state index in [4.69, 9.17) is 5.73 Å². The molecule has 0 saturated heterocycles. The third kappa shape index (κ3) is 2.82. The monoisotopic (exact) mass is 281 g/mol. The molecule has 0 radical (unpaired) electrons. The van der Waals surface area contributed by atoms with E-state index in [1.54, 1.807) is 19.2 Å². The van der Waals surface area contributed by atoms with Gasteiger partial charge in [0.1, 0.15) is 5.82 Å². The second kappa shape index (κ2) is 4.85. The minimum Gasteiger partial charge on any atom is -0.396 e. The van der Waals surface area contributed by atoms with Crippen molar-refractivity contribution < 1.29 is 12.8 Å². The summed E-state index contributed by atoms with van der Waals surface area (Å²) in [5, 5.41) is 0. The predicted octanol–water partition coefficient (Wildman–Crippen LogP) is 1.91. The van der Waals surface area contributed by atoms with Crippen LogP contribution in [0, 0.1) is 12.7 Å². The van der Waals surface area contributed by atoms with Crippen LogP contribution in [0.4, 0.5) is 15.8 Å². The lowest BCUT2D eigenvalue weighted by Crippen LogP contribution is -2.14. The number of anilines is 2. The van der Waals surface area contributed by atoms with Gasteiger partial charge in [-0.2, -0.15) is 0 Å². The number of aryl methyl sites for hydroxylation is 1. The maximum atomic E-state index is 13.3. The number of nitrogen functional groups attached to an aromatic ring is 1. The van der Waals surface area contributed by atoms with Crippen LogP contribution in [0.3, 0.4) is 0 Å². The van der Waals surface area contributed by atoms with E-state index in [2.05, 4.69) is 9.71 Å². The van der Waals surface area contributed by atoms with Crippen LogP contribution in [0.2, 0.25) is 0 Å². The average Bonchev–Trinajstić information content (AvgIpc) is 2.35. The van der Waals surface area contributed by atoms with Crippen LogP contribution in [0.1, 0.15) is 5.56 Å². The van der Waals surface area contributed by atoms with Crippen LogP contribution in [0.25, 0.3) is 0 Å². The number of sulfonamides is 1. The molecule has 7 heteroatoms. The molecule has 0 unspecified atom stereocenters. The summed E-state index contributed by atoms with van der Waals surface area (Å²) in [5.41, 5.74) is 6.27. The van der Waals surface area contributed by atoms with Crippen LogP contribution >= 0.6 is 0 Å². The number of rotatable bonds is 3. The quantitative estimate of drug-likeness (QED) is 0.842. The lowest BCUT2D eigenvalue weighted by Gasteiger charge is -2.10. The fourth-order valence-electron chi connectivity index (χ4n) is 1.45. The number of nitrogens with one attached hydrogen (secondary N) is 1. The number of pyridine rings is 1. The van der Waals surface area contributed by atoms with E-state index in [0.29, 0.717) is 5.69 Å². The van der Waals surface area contributed by atoms with E-state index in [9.17, 15) is 12.8 Å². The lowest BCUT2D eigenvalue weighted by atomic mass is 10.3. The predicted molar refractivity (Wildman–Crippen MR) is 70.6 cm³/mol. The Kier molecular flexibility index (Phi) is 3.39. The number of nitrogens with two attached hydrogens (primary N) is 1. The average molecular weight is 281 g/mol. The summed E-state index contributed by atoms with van der Waals surface area (Å²) in [5.74, 6) is -0.772. The van der Waals surface area contributed by atoms with Crippen molar-refractivity contribution >= 4 is 21.4 Å². The van der Waals surface area contributed by atoms with Gasteiger partial charge in [0.2, 0.25) is 0 Å². The molecule has 0 saturated carbocycles. The molecule has 0 bridgehead atoms. The van der Waals surface area contributed by atoms with E-state index < -0.39 is 15.8 Å². The van der Waals surface area contributed by atoms with Crippen molar-refractivity contribution in [2.45, 2.75) is 11.8 Å². The Morgan fingerprint density at radius 1 is 1.32 bits per heavy atom. The Bertz CT molecular complexity index is 717. The fraction of sp³-hybridized carbons (Fsp3) is 0.0833. The topological polar surface area (TPSA) is 85.1 Å². The van der Waals surface area contributed by atoms with Crippen molar-refractivity contribution in [1.82, 2.24) is 4.98 Å². The Morgan fingerprint density at radius 2 is 2.05 bits per heavy atom. The molecule has 0 atom stereocenters. The molecule has 1 aromatic carbocycles. The molecule has 19 heavy (non-hydrogen) atoms. The van der Waals surface area contributed by atoms with Crippen LogP contribution in [0.5, 0.6) is 0 Å². The van der Waals surface area contributed by atoms with E-state index >= 15 is 0 Å². The number of aromatic nitrogens is 1. The summed E-state index contributed by atoms with van der Waals surface area (Å²) in [6.07, 6.45) is 2.94. The van der Waals surface area contributed by atoms with Gasteiger partial charge in [-0.25, -0.2) is 12.8 Å². The highest BCUT2D eigenvalue weighted by molar-refractivity contribution is 7.92. The van der Waals surface area contributed by atoms with Crippen molar-refractivity contribution in [2.24, 2.45) is 0 Å². The van der Waals surface area contributed by atoms with E-state index in [1.165, 1.54) is 18.3 Å². The van der Waals surface area contributed by atoms with Gasteiger partial charge in [-0.05, 0) is 36.8 Å². The summed E-state index contributed by atoms with van der Waals surface area (Å²) in [6, 6.07) is 5.00. The maximum Gasteiger partial charge on any atom is 0.262 e. The SMILES string of the molecule is Cc1ccncc1NS(=O)(=O)c1ccc(N)c(F)c1. The molecular formula is C12H12FN3O2S. The van der Waals surface area contributed by atoms with E-state index in [-0.39, 0.29) is 10.6 Å². The first-order valence-electron chi connectivity index (χ1n) is 5.38. The smallest absolute Gasteiger partial charge is 0.262 e. The van der Waals surface area contributed by atoms with Gasteiger partial charge in [-0.15, -0.1) is 0 Å². The molecule has 2 rings (SSSR count). The van der Waals surface area contributed by atoms with Crippen molar-refractivity contribution in [3.63, 3.8) is 0 Å². The lowest BCUT2D eigenvalue weighted by molar-refractivity contribution is 0.596.